The molecule has 0 radical (unpaired) electrons. The lowest BCUT2D eigenvalue weighted by Gasteiger charge is -2.48. The Morgan fingerprint density at radius 3 is 2.52 bits per heavy atom. The molecule has 4 rings (SSSR count). The van der Waals surface area contributed by atoms with Crippen LogP contribution in [-0.2, 0) is 17.6 Å². The van der Waals surface area contributed by atoms with Gasteiger partial charge in [-0.15, -0.1) is 0 Å². The van der Waals surface area contributed by atoms with E-state index in [-0.39, 0.29) is 5.75 Å². The SMILES string of the molecule is COc1cc2c(cc1O)C(O)(C1(c3ccccc3Cl)CC1)N(C)CC2. The molecule has 1 aliphatic heterocycles. The molecular weight excluding hydrogens is 338 g/mol. The molecule has 0 amide bonds. The lowest BCUT2D eigenvalue weighted by molar-refractivity contribution is -0.141. The number of benzene rings is 2. The minimum Gasteiger partial charge on any atom is -0.504 e. The largest absolute Gasteiger partial charge is 0.504 e. The van der Waals surface area contributed by atoms with E-state index < -0.39 is 11.1 Å². The summed E-state index contributed by atoms with van der Waals surface area (Å²) in [6.07, 6.45) is 2.50. The number of rotatable bonds is 3. The fraction of sp³-hybridized carbons (Fsp3) is 0.400. The van der Waals surface area contributed by atoms with Crippen LogP contribution in [-0.4, -0.2) is 35.8 Å². The average molecular weight is 360 g/mol. The van der Waals surface area contributed by atoms with E-state index in [1.54, 1.807) is 6.07 Å². The van der Waals surface area contributed by atoms with Crippen molar-refractivity contribution in [2.75, 3.05) is 20.7 Å². The van der Waals surface area contributed by atoms with Crippen LogP contribution in [0.25, 0.3) is 0 Å². The van der Waals surface area contributed by atoms with E-state index in [0.29, 0.717) is 10.8 Å². The minimum absolute atomic E-state index is 0.0462. The number of phenolic OH excluding ortho intramolecular Hbond substituents is 1. The van der Waals surface area contributed by atoms with E-state index in [1.165, 1.54) is 7.11 Å². The Hall–Kier alpha value is -1.75. The zero-order valence-electron chi connectivity index (χ0n) is 14.4. The molecule has 1 unspecified atom stereocenters. The van der Waals surface area contributed by atoms with E-state index >= 15 is 0 Å². The molecule has 1 fully saturated rings. The summed E-state index contributed by atoms with van der Waals surface area (Å²) < 4.78 is 5.24. The van der Waals surface area contributed by atoms with Crippen molar-refractivity contribution in [1.29, 1.82) is 0 Å². The maximum absolute atomic E-state index is 12.0. The van der Waals surface area contributed by atoms with Gasteiger partial charge in [-0.1, -0.05) is 29.8 Å². The van der Waals surface area contributed by atoms with Crippen molar-refractivity contribution in [3.63, 3.8) is 0 Å². The Bertz CT molecular complexity index is 834. The zero-order valence-corrected chi connectivity index (χ0v) is 15.2. The average Bonchev–Trinajstić information content (AvgIpc) is 3.41. The number of methoxy groups -OCH3 is 1. The van der Waals surface area contributed by atoms with Gasteiger partial charge in [0, 0.05) is 22.5 Å². The van der Waals surface area contributed by atoms with Crippen LogP contribution in [0.2, 0.25) is 5.02 Å². The van der Waals surface area contributed by atoms with Gasteiger partial charge in [0.25, 0.3) is 0 Å². The van der Waals surface area contributed by atoms with Gasteiger partial charge in [-0.25, -0.2) is 0 Å². The highest BCUT2D eigenvalue weighted by atomic mass is 35.5. The summed E-state index contributed by atoms with van der Waals surface area (Å²) in [6, 6.07) is 11.2. The number of aliphatic hydroxyl groups is 1. The van der Waals surface area contributed by atoms with Gasteiger partial charge in [-0.3, -0.25) is 4.90 Å². The topological polar surface area (TPSA) is 52.9 Å². The molecule has 2 aromatic rings. The van der Waals surface area contributed by atoms with Gasteiger partial charge >= 0.3 is 0 Å². The first-order valence-corrected chi connectivity index (χ1v) is 8.91. The molecule has 4 nitrogen and oxygen atoms in total. The van der Waals surface area contributed by atoms with Crippen LogP contribution in [0.5, 0.6) is 11.5 Å². The molecule has 5 heteroatoms. The maximum Gasteiger partial charge on any atom is 0.160 e. The van der Waals surface area contributed by atoms with Gasteiger partial charge in [0.15, 0.2) is 17.2 Å². The Kier molecular flexibility index (Phi) is 3.76. The first-order valence-electron chi connectivity index (χ1n) is 8.53. The molecule has 0 saturated heterocycles. The third kappa shape index (κ3) is 2.21. The molecule has 2 aliphatic rings. The van der Waals surface area contributed by atoms with Gasteiger partial charge in [0.05, 0.1) is 7.11 Å². The van der Waals surface area contributed by atoms with Crippen molar-refractivity contribution in [2.24, 2.45) is 0 Å². The first-order chi connectivity index (χ1) is 11.9. The van der Waals surface area contributed by atoms with Crippen molar-refractivity contribution >= 4 is 11.6 Å². The predicted molar refractivity (Wildman–Crippen MR) is 97.3 cm³/mol. The Morgan fingerprint density at radius 1 is 1.16 bits per heavy atom. The number of hydrogen-bond donors (Lipinski definition) is 2. The molecule has 2 aromatic carbocycles. The molecule has 25 heavy (non-hydrogen) atoms. The van der Waals surface area contributed by atoms with Gasteiger partial charge < -0.3 is 14.9 Å². The Morgan fingerprint density at radius 2 is 1.88 bits per heavy atom. The molecule has 1 atom stereocenters. The smallest absolute Gasteiger partial charge is 0.160 e. The van der Waals surface area contributed by atoms with E-state index in [1.807, 2.05) is 42.3 Å². The van der Waals surface area contributed by atoms with E-state index in [9.17, 15) is 10.2 Å². The number of fused-ring (bicyclic) bond motifs is 1. The summed E-state index contributed by atoms with van der Waals surface area (Å²) in [4.78, 5) is 1.98. The summed E-state index contributed by atoms with van der Waals surface area (Å²) in [5, 5.41) is 23.0. The summed E-state index contributed by atoms with van der Waals surface area (Å²) >= 11 is 6.48. The van der Waals surface area contributed by atoms with Crippen LogP contribution >= 0.6 is 11.6 Å². The summed E-state index contributed by atoms with van der Waals surface area (Å²) in [7, 11) is 3.47. The first kappa shape index (κ1) is 16.7. The molecule has 132 valence electrons. The van der Waals surface area contributed by atoms with Crippen LogP contribution in [0.3, 0.4) is 0 Å². The summed E-state index contributed by atoms with van der Waals surface area (Å²) in [6.45, 7) is 0.726. The number of aromatic hydroxyl groups is 1. The number of hydrogen-bond acceptors (Lipinski definition) is 4. The summed E-state index contributed by atoms with van der Waals surface area (Å²) in [5.74, 6) is 0.484. The van der Waals surface area contributed by atoms with Crippen molar-refractivity contribution in [2.45, 2.75) is 30.4 Å². The quantitative estimate of drug-likeness (QED) is 0.881. The monoisotopic (exact) mass is 359 g/mol. The second kappa shape index (κ2) is 5.63. The highest BCUT2D eigenvalue weighted by Gasteiger charge is 2.64. The second-order valence-electron chi connectivity index (χ2n) is 7.09. The second-order valence-corrected chi connectivity index (χ2v) is 7.49. The molecule has 1 saturated carbocycles. The van der Waals surface area contributed by atoms with E-state index in [0.717, 1.165) is 42.5 Å². The third-order valence-corrected chi connectivity index (χ3v) is 6.19. The lowest BCUT2D eigenvalue weighted by Crippen LogP contribution is -2.56. The lowest BCUT2D eigenvalue weighted by atomic mass is 9.75. The standard InChI is InChI=1S/C20H22ClNO3/c1-22-10-7-13-11-18(25-2)17(23)12-15(13)20(22,24)19(8-9-19)14-5-3-4-6-16(14)21/h3-6,11-12,23-24H,7-10H2,1-2H3. The normalized spacial score (nSPS) is 24.6. The maximum atomic E-state index is 12.0. The molecular formula is C20H22ClNO3. The molecule has 1 aliphatic carbocycles. The van der Waals surface area contributed by atoms with Crippen LogP contribution in [0.1, 0.15) is 29.5 Å². The van der Waals surface area contributed by atoms with Gasteiger partial charge in [0.1, 0.15) is 0 Å². The van der Waals surface area contributed by atoms with E-state index in [4.69, 9.17) is 16.3 Å². The molecule has 1 heterocycles. The predicted octanol–water partition coefficient (Wildman–Crippen LogP) is 3.42. The Balaban J connectivity index is 1.93. The fourth-order valence-corrected chi connectivity index (χ4v) is 4.68. The number of phenols is 1. The highest BCUT2D eigenvalue weighted by molar-refractivity contribution is 6.31. The molecule has 2 N–H and O–H groups in total. The van der Waals surface area contributed by atoms with Gasteiger partial charge in [0.2, 0.25) is 0 Å². The van der Waals surface area contributed by atoms with Crippen LogP contribution in [0.15, 0.2) is 36.4 Å². The molecule has 0 bridgehead atoms. The highest BCUT2D eigenvalue weighted by Crippen LogP contribution is 2.63. The summed E-state index contributed by atoms with van der Waals surface area (Å²) in [5.41, 5.74) is 1.05. The fourth-order valence-electron chi connectivity index (χ4n) is 4.36. The van der Waals surface area contributed by atoms with Crippen LogP contribution in [0.4, 0.5) is 0 Å². The number of halogens is 1. The number of likely N-dealkylation sites (N-methyl/N-ethyl adjacent to an activating group) is 1. The van der Waals surface area contributed by atoms with Crippen molar-refractivity contribution in [1.82, 2.24) is 4.90 Å². The number of nitrogens with zero attached hydrogens (tertiary/aromatic N) is 1. The van der Waals surface area contributed by atoms with Crippen molar-refractivity contribution in [3.05, 3.63) is 58.1 Å². The third-order valence-electron chi connectivity index (χ3n) is 5.86. The van der Waals surface area contributed by atoms with Gasteiger partial charge in [-0.2, -0.15) is 0 Å². The van der Waals surface area contributed by atoms with Crippen LogP contribution in [0, 0.1) is 0 Å². The molecule has 0 aromatic heterocycles. The van der Waals surface area contributed by atoms with Crippen LogP contribution < -0.4 is 4.74 Å². The zero-order chi connectivity index (χ0) is 17.8. The Labute approximate surface area is 152 Å². The molecule has 0 spiro atoms. The van der Waals surface area contributed by atoms with Crippen molar-refractivity contribution in [3.8, 4) is 11.5 Å². The van der Waals surface area contributed by atoms with Crippen molar-refractivity contribution < 1.29 is 14.9 Å². The van der Waals surface area contributed by atoms with E-state index in [2.05, 4.69) is 0 Å². The minimum atomic E-state index is -1.21. The van der Waals surface area contributed by atoms with Gasteiger partial charge in [-0.05, 0) is 55.6 Å². The number of ether oxygens (including phenoxy) is 1.